The van der Waals surface area contributed by atoms with E-state index in [2.05, 4.69) is 21.2 Å². The topological polar surface area (TPSA) is 85.6 Å². The van der Waals surface area contributed by atoms with Gasteiger partial charge in [0.05, 0.1) is 16.7 Å². The van der Waals surface area contributed by atoms with Gasteiger partial charge in [-0.3, -0.25) is 4.79 Å². The lowest BCUT2D eigenvalue weighted by Gasteiger charge is -2.25. The lowest BCUT2D eigenvalue weighted by molar-refractivity contribution is 0.0902. The molecule has 150 valence electrons. The van der Waals surface area contributed by atoms with Crippen molar-refractivity contribution in [2.45, 2.75) is 24.0 Å². The quantitative estimate of drug-likeness (QED) is 0.595. The van der Waals surface area contributed by atoms with Gasteiger partial charge in [-0.2, -0.15) is 0 Å². The van der Waals surface area contributed by atoms with Crippen molar-refractivity contribution in [2.75, 3.05) is 5.75 Å². The number of carbonyl (C=O) groups is 1. The van der Waals surface area contributed by atoms with Crippen molar-refractivity contribution in [1.29, 1.82) is 0 Å². The fourth-order valence-corrected chi connectivity index (χ4v) is 5.26. The fourth-order valence-electron chi connectivity index (χ4n) is 3.26. The number of hydrogen-bond donors (Lipinski definition) is 1. The minimum atomic E-state index is -3.30. The summed E-state index contributed by atoms with van der Waals surface area (Å²) in [4.78, 5) is 12.9. The maximum absolute atomic E-state index is 12.6. The van der Waals surface area contributed by atoms with Crippen molar-refractivity contribution < 1.29 is 22.4 Å². The van der Waals surface area contributed by atoms with Crippen LogP contribution in [0.15, 0.2) is 74.4 Å². The first-order valence-corrected chi connectivity index (χ1v) is 11.5. The third kappa shape index (κ3) is 4.38. The summed E-state index contributed by atoms with van der Waals surface area (Å²) in [7, 11) is -3.30. The molecular formula is C21H18BrNO5S. The second-order valence-electron chi connectivity index (χ2n) is 6.68. The number of furan rings is 1. The molecule has 3 aromatic rings. The molecule has 8 heteroatoms. The van der Waals surface area contributed by atoms with E-state index in [0.29, 0.717) is 23.5 Å². The summed E-state index contributed by atoms with van der Waals surface area (Å²) in [5.41, 5.74) is 0.608. The Bertz CT molecular complexity index is 1160. The van der Waals surface area contributed by atoms with Gasteiger partial charge in [-0.25, -0.2) is 8.42 Å². The Morgan fingerprint density at radius 3 is 2.79 bits per heavy atom. The normalized spacial score (nSPS) is 17.3. The minimum Gasteiger partial charge on any atom is -0.486 e. The molecule has 1 aliphatic heterocycles. The van der Waals surface area contributed by atoms with E-state index < -0.39 is 15.7 Å². The number of amides is 1. The van der Waals surface area contributed by atoms with Crippen LogP contribution in [0.1, 0.15) is 34.3 Å². The van der Waals surface area contributed by atoms with Crippen molar-refractivity contribution in [3.63, 3.8) is 0 Å². The number of rotatable bonds is 5. The standard InChI is InChI=1S/C21H18BrNO5S/c22-14-4-3-5-15(12-14)27-13-16-8-9-19(28-16)21(24)23-18-10-11-29(25,26)20-7-2-1-6-17(18)20/h1-9,12,18H,10-11,13H2,(H,23,24). The van der Waals surface area contributed by atoms with E-state index in [1.165, 1.54) is 0 Å². The molecule has 4 rings (SSSR count). The smallest absolute Gasteiger partial charge is 0.287 e. The van der Waals surface area contributed by atoms with E-state index in [4.69, 9.17) is 9.15 Å². The van der Waals surface area contributed by atoms with Crippen LogP contribution in [0.4, 0.5) is 0 Å². The Morgan fingerprint density at radius 2 is 1.97 bits per heavy atom. The van der Waals surface area contributed by atoms with Crippen molar-refractivity contribution in [3.05, 3.63) is 82.2 Å². The highest BCUT2D eigenvalue weighted by Crippen LogP contribution is 2.32. The predicted octanol–water partition coefficient (Wildman–Crippen LogP) is 4.27. The maximum Gasteiger partial charge on any atom is 0.287 e. The highest BCUT2D eigenvalue weighted by atomic mass is 79.9. The van der Waals surface area contributed by atoms with Crippen molar-refractivity contribution in [2.24, 2.45) is 0 Å². The van der Waals surface area contributed by atoms with E-state index in [9.17, 15) is 13.2 Å². The first-order chi connectivity index (χ1) is 13.9. The summed E-state index contributed by atoms with van der Waals surface area (Å²) in [5, 5.41) is 2.88. The number of benzene rings is 2. The van der Waals surface area contributed by atoms with Gasteiger partial charge < -0.3 is 14.5 Å². The number of carbonyl (C=O) groups excluding carboxylic acids is 1. The largest absolute Gasteiger partial charge is 0.486 e. The van der Waals surface area contributed by atoms with Crippen LogP contribution in [0, 0.1) is 0 Å². The van der Waals surface area contributed by atoms with Gasteiger partial charge in [0.15, 0.2) is 15.6 Å². The summed E-state index contributed by atoms with van der Waals surface area (Å²) in [5.74, 6) is 0.962. The summed E-state index contributed by atoms with van der Waals surface area (Å²) in [6.45, 7) is 0.189. The zero-order valence-corrected chi connectivity index (χ0v) is 17.7. The lowest BCUT2D eigenvalue weighted by Crippen LogP contribution is -2.33. The van der Waals surface area contributed by atoms with E-state index in [-0.39, 0.29) is 29.1 Å². The second kappa shape index (κ2) is 8.04. The summed E-state index contributed by atoms with van der Waals surface area (Å²) < 4.78 is 36.6. The molecule has 0 saturated heterocycles. The van der Waals surface area contributed by atoms with Crippen LogP contribution in [0.2, 0.25) is 0 Å². The number of hydrogen-bond acceptors (Lipinski definition) is 5. The fraction of sp³-hybridized carbons (Fsp3) is 0.190. The molecule has 0 radical (unpaired) electrons. The molecule has 2 aromatic carbocycles. The summed E-state index contributed by atoms with van der Waals surface area (Å²) in [6, 6.07) is 17.1. The van der Waals surface area contributed by atoms with Crippen LogP contribution < -0.4 is 10.1 Å². The van der Waals surface area contributed by atoms with Crippen LogP contribution in [0.5, 0.6) is 5.75 Å². The third-order valence-electron chi connectivity index (χ3n) is 4.67. The number of fused-ring (bicyclic) bond motifs is 1. The van der Waals surface area contributed by atoms with Crippen molar-refractivity contribution in [3.8, 4) is 5.75 Å². The average Bonchev–Trinajstić information content (AvgIpc) is 3.18. The van der Waals surface area contributed by atoms with Gasteiger partial charge in [0.1, 0.15) is 18.1 Å². The molecule has 0 fully saturated rings. The minimum absolute atomic E-state index is 0.00115. The zero-order valence-electron chi connectivity index (χ0n) is 15.3. The summed E-state index contributed by atoms with van der Waals surface area (Å²) in [6.07, 6.45) is 0.324. The molecule has 1 unspecified atom stereocenters. The molecule has 1 amide bonds. The summed E-state index contributed by atoms with van der Waals surface area (Å²) >= 11 is 3.38. The average molecular weight is 476 g/mol. The number of halogens is 1. The van der Waals surface area contributed by atoms with Gasteiger partial charge in [0.2, 0.25) is 0 Å². The molecule has 0 aliphatic carbocycles. The van der Waals surface area contributed by atoms with Crippen LogP contribution in [0.25, 0.3) is 0 Å². The van der Waals surface area contributed by atoms with Crippen LogP contribution >= 0.6 is 15.9 Å². The molecule has 0 saturated carbocycles. The highest BCUT2D eigenvalue weighted by molar-refractivity contribution is 9.10. The molecule has 29 heavy (non-hydrogen) atoms. The second-order valence-corrected chi connectivity index (χ2v) is 9.68. The SMILES string of the molecule is O=C(NC1CCS(=O)(=O)c2ccccc21)c1ccc(COc2cccc(Br)c2)o1. The van der Waals surface area contributed by atoms with E-state index in [1.54, 1.807) is 36.4 Å². The molecule has 6 nitrogen and oxygen atoms in total. The van der Waals surface area contributed by atoms with Gasteiger partial charge >= 0.3 is 0 Å². The van der Waals surface area contributed by atoms with Crippen LogP contribution in [-0.2, 0) is 16.4 Å². The lowest BCUT2D eigenvalue weighted by atomic mass is 10.0. The van der Waals surface area contributed by atoms with E-state index >= 15 is 0 Å². The molecule has 1 aromatic heterocycles. The molecule has 1 N–H and O–H groups in total. The molecule has 0 bridgehead atoms. The van der Waals surface area contributed by atoms with Gasteiger partial charge in [-0.1, -0.05) is 40.2 Å². The first-order valence-electron chi connectivity index (χ1n) is 9.02. The van der Waals surface area contributed by atoms with Crippen molar-refractivity contribution in [1.82, 2.24) is 5.32 Å². The van der Waals surface area contributed by atoms with Gasteiger partial charge in [-0.05, 0) is 48.4 Å². The third-order valence-corrected chi connectivity index (χ3v) is 6.98. The Morgan fingerprint density at radius 1 is 1.14 bits per heavy atom. The van der Waals surface area contributed by atoms with Gasteiger partial charge in [0.25, 0.3) is 5.91 Å². The molecule has 1 atom stereocenters. The molecule has 2 heterocycles. The monoisotopic (exact) mass is 475 g/mol. The number of ether oxygens (including phenoxy) is 1. The van der Waals surface area contributed by atoms with Crippen molar-refractivity contribution >= 4 is 31.7 Å². The van der Waals surface area contributed by atoms with Crippen LogP contribution in [0.3, 0.4) is 0 Å². The maximum atomic E-state index is 12.6. The van der Waals surface area contributed by atoms with E-state index in [1.807, 2.05) is 24.3 Å². The Balaban J connectivity index is 1.43. The Labute approximate surface area is 176 Å². The number of nitrogens with one attached hydrogen (secondary N) is 1. The predicted molar refractivity (Wildman–Crippen MR) is 111 cm³/mol. The first kappa shape index (κ1) is 19.7. The number of sulfone groups is 1. The molecule has 0 spiro atoms. The molecule has 1 aliphatic rings. The van der Waals surface area contributed by atoms with Gasteiger partial charge in [0, 0.05) is 4.47 Å². The van der Waals surface area contributed by atoms with Crippen LogP contribution in [-0.4, -0.2) is 20.1 Å². The Hall–Kier alpha value is -2.58. The Kier molecular flexibility index (Phi) is 5.47. The van der Waals surface area contributed by atoms with Gasteiger partial charge in [-0.15, -0.1) is 0 Å². The zero-order chi connectivity index (χ0) is 20.4. The highest BCUT2D eigenvalue weighted by Gasteiger charge is 2.31. The molecular weight excluding hydrogens is 458 g/mol. The van der Waals surface area contributed by atoms with E-state index in [0.717, 1.165) is 4.47 Å².